The standard InChI is InChI=1S/C19H25N3O/c1-14(2)17(15-6-4-3-5-7-15)19(23)22-12-8-16(9-13-22)18-20-10-11-21-18/h3-7,10-11,14,16-17H,8-9,12-13H2,1-2H3,(H,20,21)/t17-/m0/s1. The Morgan fingerprint density at radius 3 is 2.48 bits per heavy atom. The summed E-state index contributed by atoms with van der Waals surface area (Å²) in [5.74, 6) is 2.02. The number of aromatic amines is 1. The van der Waals surface area contributed by atoms with E-state index < -0.39 is 0 Å². The summed E-state index contributed by atoms with van der Waals surface area (Å²) in [6, 6.07) is 10.2. The molecule has 2 aromatic rings. The number of hydrogen-bond donors (Lipinski definition) is 1. The van der Waals surface area contributed by atoms with Crippen molar-refractivity contribution in [3.63, 3.8) is 0 Å². The van der Waals surface area contributed by atoms with Gasteiger partial charge in [-0.05, 0) is 24.3 Å². The molecule has 4 nitrogen and oxygen atoms in total. The maximum Gasteiger partial charge on any atom is 0.230 e. The molecule has 2 heterocycles. The third kappa shape index (κ3) is 3.46. The van der Waals surface area contributed by atoms with E-state index in [0.29, 0.717) is 11.8 Å². The van der Waals surface area contributed by atoms with Gasteiger partial charge in [0.15, 0.2) is 0 Å². The van der Waals surface area contributed by atoms with Crippen LogP contribution in [-0.4, -0.2) is 33.9 Å². The topological polar surface area (TPSA) is 49.0 Å². The molecule has 1 amide bonds. The van der Waals surface area contributed by atoms with Crippen molar-refractivity contribution in [2.45, 2.75) is 38.5 Å². The number of imidazole rings is 1. The van der Waals surface area contributed by atoms with Crippen molar-refractivity contribution in [3.05, 3.63) is 54.1 Å². The number of H-pyrrole nitrogens is 1. The number of carbonyl (C=O) groups is 1. The van der Waals surface area contributed by atoms with Gasteiger partial charge in [-0.25, -0.2) is 4.98 Å². The Hall–Kier alpha value is -2.10. The Labute approximate surface area is 137 Å². The summed E-state index contributed by atoms with van der Waals surface area (Å²) >= 11 is 0. The van der Waals surface area contributed by atoms with Crippen LogP contribution in [0.2, 0.25) is 0 Å². The van der Waals surface area contributed by atoms with E-state index in [0.717, 1.165) is 37.3 Å². The van der Waals surface area contributed by atoms with Gasteiger partial charge in [0.2, 0.25) is 5.91 Å². The summed E-state index contributed by atoms with van der Waals surface area (Å²) < 4.78 is 0. The number of benzene rings is 1. The predicted octanol–water partition coefficient (Wildman–Crippen LogP) is 3.56. The van der Waals surface area contributed by atoms with Crippen LogP contribution in [-0.2, 0) is 4.79 Å². The smallest absolute Gasteiger partial charge is 0.230 e. The van der Waals surface area contributed by atoms with Crippen molar-refractivity contribution in [2.24, 2.45) is 5.92 Å². The number of nitrogens with one attached hydrogen (secondary N) is 1. The van der Waals surface area contributed by atoms with Gasteiger partial charge in [-0.1, -0.05) is 44.2 Å². The molecule has 1 aromatic carbocycles. The molecule has 1 aliphatic rings. The molecule has 0 bridgehead atoms. The second-order valence-corrected chi connectivity index (χ2v) is 6.71. The molecule has 0 radical (unpaired) electrons. The first kappa shape index (κ1) is 15.8. The molecule has 0 saturated carbocycles. The van der Waals surface area contributed by atoms with Gasteiger partial charge in [0.25, 0.3) is 0 Å². The fourth-order valence-electron chi connectivity index (χ4n) is 3.54. The van der Waals surface area contributed by atoms with Crippen molar-refractivity contribution >= 4 is 5.91 Å². The molecule has 1 atom stereocenters. The molecule has 122 valence electrons. The van der Waals surface area contributed by atoms with Crippen molar-refractivity contribution in [2.75, 3.05) is 13.1 Å². The molecule has 4 heteroatoms. The highest BCUT2D eigenvalue weighted by Crippen LogP contribution is 2.31. The number of piperidine rings is 1. The maximum atomic E-state index is 13.0. The number of aromatic nitrogens is 2. The normalized spacial score (nSPS) is 17.4. The van der Waals surface area contributed by atoms with Crippen LogP contribution in [0.15, 0.2) is 42.7 Å². The number of carbonyl (C=O) groups excluding carboxylic acids is 1. The van der Waals surface area contributed by atoms with E-state index in [4.69, 9.17) is 0 Å². The first-order valence-corrected chi connectivity index (χ1v) is 8.50. The van der Waals surface area contributed by atoms with Gasteiger partial charge in [-0.2, -0.15) is 0 Å². The van der Waals surface area contributed by atoms with Crippen LogP contribution in [0.25, 0.3) is 0 Å². The van der Waals surface area contributed by atoms with E-state index in [1.54, 1.807) is 6.20 Å². The van der Waals surface area contributed by atoms with Gasteiger partial charge >= 0.3 is 0 Å². The summed E-state index contributed by atoms with van der Waals surface area (Å²) in [6.45, 7) is 5.90. The molecule has 0 aliphatic carbocycles. The van der Waals surface area contributed by atoms with Crippen LogP contribution in [0.3, 0.4) is 0 Å². The predicted molar refractivity (Wildman–Crippen MR) is 91.2 cm³/mol. The highest BCUT2D eigenvalue weighted by Gasteiger charge is 2.31. The van der Waals surface area contributed by atoms with Gasteiger partial charge in [0.05, 0.1) is 5.92 Å². The highest BCUT2D eigenvalue weighted by molar-refractivity contribution is 5.84. The summed E-state index contributed by atoms with van der Waals surface area (Å²) in [4.78, 5) is 22.6. The minimum atomic E-state index is -0.0450. The number of amides is 1. The van der Waals surface area contributed by atoms with Crippen molar-refractivity contribution in [1.29, 1.82) is 0 Å². The zero-order valence-electron chi connectivity index (χ0n) is 13.9. The maximum absolute atomic E-state index is 13.0. The van der Waals surface area contributed by atoms with Gasteiger partial charge in [-0.3, -0.25) is 4.79 Å². The second kappa shape index (κ2) is 6.99. The average Bonchev–Trinajstić information content (AvgIpc) is 3.10. The van der Waals surface area contributed by atoms with Crippen LogP contribution in [0.1, 0.15) is 49.9 Å². The lowest BCUT2D eigenvalue weighted by Gasteiger charge is -2.35. The quantitative estimate of drug-likeness (QED) is 0.938. The van der Waals surface area contributed by atoms with Crippen LogP contribution < -0.4 is 0 Å². The highest BCUT2D eigenvalue weighted by atomic mass is 16.2. The van der Waals surface area contributed by atoms with Crippen LogP contribution in [0.4, 0.5) is 0 Å². The van der Waals surface area contributed by atoms with Gasteiger partial charge in [0, 0.05) is 31.4 Å². The van der Waals surface area contributed by atoms with E-state index >= 15 is 0 Å². The second-order valence-electron chi connectivity index (χ2n) is 6.71. The van der Waals surface area contributed by atoms with E-state index in [9.17, 15) is 4.79 Å². The molecule has 1 N–H and O–H groups in total. The van der Waals surface area contributed by atoms with E-state index in [-0.39, 0.29) is 11.8 Å². The number of nitrogens with zero attached hydrogens (tertiary/aromatic N) is 2. The van der Waals surface area contributed by atoms with Crippen LogP contribution in [0.5, 0.6) is 0 Å². The minimum Gasteiger partial charge on any atom is -0.348 e. The van der Waals surface area contributed by atoms with E-state index in [1.807, 2.05) is 29.3 Å². The van der Waals surface area contributed by atoms with Crippen LogP contribution >= 0.6 is 0 Å². The van der Waals surface area contributed by atoms with Crippen molar-refractivity contribution in [1.82, 2.24) is 14.9 Å². The molecule has 0 unspecified atom stereocenters. The number of likely N-dealkylation sites (tertiary alicyclic amines) is 1. The summed E-state index contributed by atoms with van der Waals surface area (Å²) in [7, 11) is 0. The molecular formula is C19H25N3O. The average molecular weight is 311 g/mol. The summed E-state index contributed by atoms with van der Waals surface area (Å²) in [5, 5.41) is 0. The number of hydrogen-bond acceptors (Lipinski definition) is 2. The molecule has 1 saturated heterocycles. The molecule has 1 aliphatic heterocycles. The summed E-state index contributed by atoms with van der Waals surface area (Å²) in [6.07, 6.45) is 5.64. The lowest BCUT2D eigenvalue weighted by molar-refractivity contribution is -0.135. The molecule has 3 rings (SSSR count). The fraction of sp³-hybridized carbons (Fsp3) is 0.474. The van der Waals surface area contributed by atoms with Gasteiger partial charge in [0.1, 0.15) is 5.82 Å². The zero-order valence-corrected chi connectivity index (χ0v) is 13.9. The third-order valence-corrected chi connectivity index (χ3v) is 4.80. The molecule has 0 spiro atoms. The van der Waals surface area contributed by atoms with Gasteiger partial charge < -0.3 is 9.88 Å². The molecular weight excluding hydrogens is 286 g/mol. The van der Waals surface area contributed by atoms with Crippen molar-refractivity contribution in [3.8, 4) is 0 Å². The summed E-state index contributed by atoms with van der Waals surface area (Å²) in [5.41, 5.74) is 1.13. The zero-order chi connectivity index (χ0) is 16.2. The molecule has 23 heavy (non-hydrogen) atoms. The minimum absolute atomic E-state index is 0.0450. The van der Waals surface area contributed by atoms with E-state index in [2.05, 4.69) is 35.9 Å². The Morgan fingerprint density at radius 2 is 1.91 bits per heavy atom. The van der Waals surface area contributed by atoms with Crippen LogP contribution in [0, 0.1) is 5.92 Å². The van der Waals surface area contributed by atoms with E-state index in [1.165, 1.54) is 0 Å². The largest absolute Gasteiger partial charge is 0.348 e. The monoisotopic (exact) mass is 311 g/mol. The van der Waals surface area contributed by atoms with Crippen molar-refractivity contribution < 1.29 is 4.79 Å². The first-order valence-electron chi connectivity index (χ1n) is 8.50. The Kier molecular flexibility index (Phi) is 4.79. The Bertz CT molecular complexity index is 613. The SMILES string of the molecule is CC(C)[C@H](C(=O)N1CCC(c2ncc[nH]2)CC1)c1ccccc1. The lowest BCUT2D eigenvalue weighted by atomic mass is 9.86. The molecule has 1 fully saturated rings. The lowest BCUT2D eigenvalue weighted by Crippen LogP contribution is -2.42. The first-order chi connectivity index (χ1) is 11.2. The van der Waals surface area contributed by atoms with Gasteiger partial charge in [-0.15, -0.1) is 0 Å². The fourth-order valence-corrected chi connectivity index (χ4v) is 3.54. The Morgan fingerprint density at radius 1 is 1.22 bits per heavy atom. The molecule has 1 aromatic heterocycles. The third-order valence-electron chi connectivity index (χ3n) is 4.80. The Balaban J connectivity index is 1.68. The number of rotatable bonds is 4.